The van der Waals surface area contributed by atoms with Crippen LogP contribution < -0.4 is 9.88 Å². The molecule has 0 radical (unpaired) electrons. The molecule has 0 fully saturated rings. The minimum absolute atomic E-state index is 0.116. The lowest BCUT2D eigenvalue weighted by Crippen LogP contribution is -2.12. The van der Waals surface area contributed by atoms with Gasteiger partial charge in [0.2, 0.25) is 10.0 Å². The van der Waals surface area contributed by atoms with E-state index in [1.807, 2.05) is 12.1 Å². The fourth-order valence-electron chi connectivity index (χ4n) is 2.15. The molecule has 2 aromatic carbocycles. The predicted octanol–water partition coefficient (Wildman–Crippen LogP) is 2.29. The third kappa shape index (κ3) is 3.93. The average molecular weight is 309 g/mol. The van der Waals surface area contributed by atoms with Crippen molar-refractivity contribution in [1.82, 2.24) is 0 Å². The van der Waals surface area contributed by atoms with Crippen LogP contribution in [0.25, 0.3) is 10.8 Å². The summed E-state index contributed by atoms with van der Waals surface area (Å²) in [7, 11) is -2.08. The lowest BCUT2D eigenvalue weighted by Gasteiger charge is -2.11. The van der Waals surface area contributed by atoms with Crippen LogP contribution in [-0.2, 0) is 14.8 Å². The van der Waals surface area contributed by atoms with Gasteiger partial charge in [-0.05, 0) is 25.0 Å². The maximum atomic E-state index is 11.6. The van der Waals surface area contributed by atoms with Crippen LogP contribution in [0.1, 0.15) is 12.8 Å². The topological polar surface area (TPSA) is 78.6 Å². The first-order valence-corrected chi connectivity index (χ1v) is 8.25. The minimum atomic E-state index is -3.75. The van der Waals surface area contributed by atoms with Crippen molar-refractivity contribution < 1.29 is 17.9 Å². The monoisotopic (exact) mass is 309 g/mol. The molecule has 21 heavy (non-hydrogen) atoms. The quantitative estimate of drug-likeness (QED) is 0.796. The zero-order valence-corrected chi connectivity index (χ0v) is 12.7. The standard InChI is InChI=1S/C15H19NO4S/c1-19-10-4-5-11-20-14-8-9-15(21(16,17)18)13-7-3-2-6-12(13)14/h2-3,6-9H,4-5,10-11H2,1H3,(H2,16,17,18). The van der Waals surface area contributed by atoms with Crippen LogP contribution in [0.3, 0.4) is 0 Å². The molecule has 114 valence electrons. The van der Waals surface area contributed by atoms with Gasteiger partial charge in [-0.1, -0.05) is 24.3 Å². The summed E-state index contributed by atoms with van der Waals surface area (Å²) in [5.41, 5.74) is 0. The van der Waals surface area contributed by atoms with E-state index >= 15 is 0 Å². The molecular formula is C15H19NO4S. The van der Waals surface area contributed by atoms with E-state index in [0.29, 0.717) is 24.3 Å². The number of nitrogens with two attached hydrogens (primary N) is 1. The van der Waals surface area contributed by atoms with Gasteiger partial charge in [0.15, 0.2) is 0 Å². The van der Waals surface area contributed by atoms with Crippen molar-refractivity contribution in [2.75, 3.05) is 20.3 Å². The Bertz CT molecular complexity index is 713. The van der Waals surface area contributed by atoms with E-state index in [0.717, 1.165) is 18.2 Å². The van der Waals surface area contributed by atoms with Gasteiger partial charge in [-0.2, -0.15) is 0 Å². The summed E-state index contributed by atoms with van der Waals surface area (Å²) in [5.74, 6) is 0.662. The van der Waals surface area contributed by atoms with Crippen molar-refractivity contribution in [2.24, 2.45) is 5.14 Å². The number of benzene rings is 2. The SMILES string of the molecule is COCCCCOc1ccc(S(N)(=O)=O)c2ccccc12. The Kier molecular flexibility index (Phi) is 5.17. The van der Waals surface area contributed by atoms with Crippen molar-refractivity contribution in [2.45, 2.75) is 17.7 Å². The Morgan fingerprint density at radius 3 is 2.33 bits per heavy atom. The fraction of sp³-hybridized carbons (Fsp3) is 0.333. The second kappa shape index (κ2) is 6.89. The highest BCUT2D eigenvalue weighted by Gasteiger charge is 2.14. The van der Waals surface area contributed by atoms with Crippen molar-refractivity contribution in [1.29, 1.82) is 0 Å². The van der Waals surface area contributed by atoms with Gasteiger partial charge < -0.3 is 9.47 Å². The van der Waals surface area contributed by atoms with Gasteiger partial charge in [0, 0.05) is 24.5 Å². The third-order valence-corrected chi connectivity index (χ3v) is 4.12. The molecule has 0 unspecified atom stereocenters. The van der Waals surface area contributed by atoms with E-state index in [2.05, 4.69) is 0 Å². The summed E-state index contributed by atoms with van der Waals surface area (Å²) in [5, 5.41) is 6.57. The molecule has 0 aromatic heterocycles. The predicted molar refractivity (Wildman–Crippen MR) is 81.9 cm³/mol. The molecule has 0 saturated heterocycles. The molecule has 2 N–H and O–H groups in total. The number of methoxy groups -OCH3 is 1. The smallest absolute Gasteiger partial charge is 0.238 e. The van der Waals surface area contributed by atoms with Crippen molar-refractivity contribution >= 4 is 20.8 Å². The first-order valence-electron chi connectivity index (χ1n) is 6.70. The summed E-state index contributed by atoms with van der Waals surface area (Å²) in [6, 6.07) is 10.3. The Morgan fingerprint density at radius 2 is 1.67 bits per heavy atom. The number of fused-ring (bicyclic) bond motifs is 1. The van der Waals surface area contributed by atoms with Gasteiger partial charge >= 0.3 is 0 Å². The molecule has 0 heterocycles. The minimum Gasteiger partial charge on any atom is -0.493 e. The van der Waals surface area contributed by atoms with Crippen LogP contribution in [-0.4, -0.2) is 28.7 Å². The summed E-state index contributed by atoms with van der Waals surface area (Å²) >= 11 is 0. The second-order valence-electron chi connectivity index (χ2n) is 4.70. The van der Waals surface area contributed by atoms with E-state index in [-0.39, 0.29) is 4.90 Å². The molecule has 2 aromatic rings. The highest BCUT2D eigenvalue weighted by Crippen LogP contribution is 2.30. The van der Waals surface area contributed by atoms with E-state index in [9.17, 15) is 8.42 Å². The summed E-state index contributed by atoms with van der Waals surface area (Å²) in [6.45, 7) is 1.26. The Morgan fingerprint density at radius 1 is 1.00 bits per heavy atom. The number of hydrogen-bond acceptors (Lipinski definition) is 4. The van der Waals surface area contributed by atoms with Gasteiger partial charge in [-0.3, -0.25) is 0 Å². The number of primary sulfonamides is 1. The van der Waals surface area contributed by atoms with Gasteiger partial charge in [-0.15, -0.1) is 0 Å². The normalized spacial score (nSPS) is 11.7. The highest BCUT2D eigenvalue weighted by molar-refractivity contribution is 7.89. The van der Waals surface area contributed by atoms with Crippen molar-refractivity contribution in [3.8, 4) is 5.75 Å². The van der Waals surface area contributed by atoms with Gasteiger partial charge in [0.1, 0.15) is 5.75 Å². The number of unbranched alkanes of at least 4 members (excludes halogenated alkanes) is 1. The van der Waals surface area contributed by atoms with Gasteiger partial charge in [-0.25, -0.2) is 13.6 Å². The maximum absolute atomic E-state index is 11.6. The van der Waals surface area contributed by atoms with Crippen LogP contribution in [0.15, 0.2) is 41.3 Å². The summed E-state index contributed by atoms with van der Waals surface area (Å²) < 4.78 is 34.0. The molecule has 0 atom stereocenters. The fourth-order valence-corrected chi connectivity index (χ4v) is 2.89. The van der Waals surface area contributed by atoms with Crippen LogP contribution in [0.4, 0.5) is 0 Å². The Hall–Kier alpha value is -1.63. The molecular weight excluding hydrogens is 290 g/mol. The van der Waals surface area contributed by atoms with Crippen molar-refractivity contribution in [3.63, 3.8) is 0 Å². The number of ether oxygens (including phenoxy) is 2. The number of hydrogen-bond donors (Lipinski definition) is 1. The molecule has 2 rings (SSSR count). The van der Waals surface area contributed by atoms with E-state index < -0.39 is 10.0 Å². The molecule has 0 bridgehead atoms. The number of sulfonamides is 1. The molecule has 0 spiro atoms. The zero-order chi connectivity index (χ0) is 15.3. The average Bonchev–Trinajstić information content (AvgIpc) is 2.45. The lowest BCUT2D eigenvalue weighted by atomic mass is 10.1. The van der Waals surface area contributed by atoms with E-state index in [1.165, 1.54) is 6.07 Å². The van der Waals surface area contributed by atoms with Crippen molar-refractivity contribution in [3.05, 3.63) is 36.4 Å². The van der Waals surface area contributed by atoms with Gasteiger partial charge in [0.05, 0.1) is 11.5 Å². The molecule has 0 saturated carbocycles. The first kappa shape index (κ1) is 15.8. The molecule has 5 nitrogen and oxygen atoms in total. The van der Waals surface area contributed by atoms with Crippen LogP contribution in [0.2, 0.25) is 0 Å². The first-order chi connectivity index (χ1) is 10.0. The van der Waals surface area contributed by atoms with Crippen LogP contribution >= 0.6 is 0 Å². The van der Waals surface area contributed by atoms with Crippen LogP contribution in [0.5, 0.6) is 5.75 Å². The molecule has 0 amide bonds. The van der Waals surface area contributed by atoms with E-state index in [1.54, 1.807) is 25.3 Å². The summed E-state index contributed by atoms with van der Waals surface area (Å²) in [6.07, 6.45) is 1.79. The molecule has 0 aliphatic carbocycles. The molecule has 0 aliphatic heterocycles. The molecule has 6 heteroatoms. The van der Waals surface area contributed by atoms with E-state index in [4.69, 9.17) is 14.6 Å². The zero-order valence-electron chi connectivity index (χ0n) is 11.9. The highest BCUT2D eigenvalue weighted by atomic mass is 32.2. The van der Waals surface area contributed by atoms with Crippen LogP contribution in [0, 0.1) is 0 Å². The van der Waals surface area contributed by atoms with Gasteiger partial charge in [0.25, 0.3) is 0 Å². The lowest BCUT2D eigenvalue weighted by molar-refractivity contribution is 0.184. The number of rotatable bonds is 7. The molecule has 0 aliphatic rings. The Balaban J connectivity index is 2.26. The maximum Gasteiger partial charge on any atom is 0.238 e. The Labute approximate surface area is 124 Å². The second-order valence-corrected chi connectivity index (χ2v) is 6.23. The largest absolute Gasteiger partial charge is 0.493 e. The third-order valence-electron chi connectivity index (χ3n) is 3.15. The summed E-state index contributed by atoms with van der Waals surface area (Å²) in [4.78, 5) is 0.116.